The predicted molar refractivity (Wildman–Crippen MR) is 74.6 cm³/mol. The molecule has 0 amide bonds. The van der Waals surface area contributed by atoms with Crippen molar-refractivity contribution in [1.29, 1.82) is 0 Å². The summed E-state index contributed by atoms with van der Waals surface area (Å²) in [6.07, 6.45) is 1.68. The Morgan fingerprint density at radius 3 is 2.53 bits per heavy atom. The molecular formula is C11H22Cl2N4. The first-order chi connectivity index (χ1) is 7.35. The molecule has 100 valence electrons. The third-order valence-electron chi connectivity index (χ3n) is 2.68. The van der Waals surface area contributed by atoms with E-state index in [2.05, 4.69) is 30.9 Å². The molecule has 0 saturated heterocycles. The van der Waals surface area contributed by atoms with Crippen LogP contribution in [0.3, 0.4) is 0 Å². The monoisotopic (exact) mass is 280 g/mol. The molecule has 6 heteroatoms. The van der Waals surface area contributed by atoms with Gasteiger partial charge in [0.25, 0.3) is 0 Å². The van der Waals surface area contributed by atoms with Gasteiger partial charge in [-0.05, 0) is 19.0 Å². The summed E-state index contributed by atoms with van der Waals surface area (Å²) in [6, 6.07) is 0. The van der Waals surface area contributed by atoms with Gasteiger partial charge >= 0.3 is 0 Å². The van der Waals surface area contributed by atoms with Crippen molar-refractivity contribution < 1.29 is 0 Å². The molecule has 0 radical (unpaired) electrons. The van der Waals surface area contributed by atoms with Crippen LogP contribution in [0.5, 0.6) is 0 Å². The van der Waals surface area contributed by atoms with E-state index in [1.165, 1.54) is 0 Å². The molecule has 0 bridgehead atoms. The number of aryl methyl sites for hydroxylation is 1. The van der Waals surface area contributed by atoms with Gasteiger partial charge < -0.3 is 5.73 Å². The minimum absolute atomic E-state index is 0. The third kappa shape index (κ3) is 4.84. The van der Waals surface area contributed by atoms with Gasteiger partial charge in [0, 0.05) is 20.1 Å². The Bertz CT molecular complexity index is 330. The summed E-state index contributed by atoms with van der Waals surface area (Å²) < 4.78 is 1.81. The lowest BCUT2D eigenvalue weighted by atomic mass is 9.93. The summed E-state index contributed by atoms with van der Waals surface area (Å²) in [6.45, 7) is 6.73. The number of hydrogen-bond acceptors (Lipinski definition) is 3. The van der Waals surface area contributed by atoms with E-state index in [1.807, 2.05) is 11.7 Å². The lowest BCUT2D eigenvalue weighted by molar-refractivity contribution is 0.206. The third-order valence-corrected chi connectivity index (χ3v) is 3.00. The Hall–Kier alpha value is -0.290. The molecule has 4 nitrogen and oxygen atoms in total. The summed E-state index contributed by atoms with van der Waals surface area (Å²) in [5.74, 6) is 0. The van der Waals surface area contributed by atoms with Gasteiger partial charge in [0.2, 0.25) is 0 Å². The molecule has 0 fully saturated rings. The lowest BCUT2D eigenvalue weighted by Gasteiger charge is -2.29. The first-order valence-corrected chi connectivity index (χ1v) is 5.78. The van der Waals surface area contributed by atoms with Crippen molar-refractivity contribution in [1.82, 2.24) is 14.7 Å². The molecule has 1 rings (SSSR count). The lowest BCUT2D eigenvalue weighted by Crippen LogP contribution is -2.36. The van der Waals surface area contributed by atoms with Gasteiger partial charge in [0.15, 0.2) is 0 Å². The number of aromatic nitrogens is 2. The molecule has 0 spiro atoms. The molecule has 0 aromatic carbocycles. The van der Waals surface area contributed by atoms with Crippen LogP contribution in [0.25, 0.3) is 0 Å². The van der Waals surface area contributed by atoms with Gasteiger partial charge in [-0.25, -0.2) is 0 Å². The molecule has 0 aliphatic carbocycles. The van der Waals surface area contributed by atoms with Crippen molar-refractivity contribution in [3.8, 4) is 0 Å². The summed E-state index contributed by atoms with van der Waals surface area (Å²) in [4.78, 5) is 2.22. The van der Waals surface area contributed by atoms with Gasteiger partial charge in [-0.15, -0.1) is 12.4 Å². The van der Waals surface area contributed by atoms with E-state index in [4.69, 9.17) is 17.3 Å². The standard InChI is InChI=1S/C11H21ClN4.ClH/c1-11(2,7-13)8-15(3)6-10-9(12)5-14-16(10)4;/h5H,6-8,13H2,1-4H3;1H. The van der Waals surface area contributed by atoms with Crippen LogP contribution in [0.15, 0.2) is 6.20 Å². The highest BCUT2D eigenvalue weighted by Gasteiger charge is 2.19. The summed E-state index contributed by atoms with van der Waals surface area (Å²) >= 11 is 6.06. The van der Waals surface area contributed by atoms with Crippen LogP contribution < -0.4 is 5.73 Å². The Kier molecular flexibility index (Phi) is 6.48. The number of nitrogens with two attached hydrogens (primary N) is 1. The molecule has 2 N–H and O–H groups in total. The molecule has 0 saturated carbocycles. The van der Waals surface area contributed by atoms with E-state index < -0.39 is 0 Å². The molecule has 0 aliphatic rings. The first-order valence-electron chi connectivity index (χ1n) is 5.41. The Morgan fingerprint density at radius 1 is 1.53 bits per heavy atom. The summed E-state index contributed by atoms with van der Waals surface area (Å²) in [7, 11) is 3.98. The first kappa shape index (κ1) is 16.7. The molecule has 1 heterocycles. The SMILES string of the molecule is CN(Cc1c(Cl)cnn1C)CC(C)(C)CN.Cl. The maximum atomic E-state index is 6.06. The van der Waals surface area contributed by atoms with Crippen LogP contribution >= 0.6 is 24.0 Å². The minimum Gasteiger partial charge on any atom is -0.330 e. The van der Waals surface area contributed by atoms with Crippen LogP contribution in [0.4, 0.5) is 0 Å². The van der Waals surface area contributed by atoms with E-state index in [0.29, 0.717) is 6.54 Å². The number of halogens is 2. The predicted octanol–water partition coefficient (Wildman–Crippen LogP) is 1.91. The molecular weight excluding hydrogens is 259 g/mol. The molecule has 0 atom stereocenters. The molecule has 1 aromatic heterocycles. The average molecular weight is 281 g/mol. The van der Waals surface area contributed by atoms with Gasteiger partial charge in [-0.3, -0.25) is 9.58 Å². The fraction of sp³-hybridized carbons (Fsp3) is 0.727. The fourth-order valence-corrected chi connectivity index (χ4v) is 1.95. The highest BCUT2D eigenvalue weighted by molar-refractivity contribution is 6.31. The van der Waals surface area contributed by atoms with Crippen LogP contribution in [-0.4, -0.2) is 34.8 Å². The zero-order valence-corrected chi connectivity index (χ0v) is 12.5. The van der Waals surface area contributed by atoms with Crippen molar-refractivity contribution in [2.24, 2.45) is 18.2 Å². The van der Waals surface area contributed by atoms with Crippen molar-refractivity contribution in [2.75, 3.05) is 20.1 Å². The van der Waals surface area contributed by atoms with Crippen LogP contribution in [0.2, 0.25) is 5.02 Å². The van der Waals surface area contributed by atoms with E-state index in [0.717, 1.165) is 23.8 Å². The number of hydrogen-bond donors (Lipinski definition) is 1. The van der Waals surface area contributed by atoms with Crippen LogP contribution in [0, 0.1) is 5.41 Å². The van der Waals surface area contributed by atoms with E-state index in [1.54, 1.807) is 6.20 Å². The second-order valence-electron chi connectivity index (χ2n) is 5.10. The highest BCUT2D eigenvalue weighted by atomic mass is 35.5. The molecule has 17 heavy (non-hydrogen) atoms. The average Bonchev–Trinajstić information content (AvgIpc) is 2.49. The van der Waals surface area contributed by atoms with E-state index >= 15 is 0 Å². The van der Waals surface area contributed by atoms with Crippen molar-refractivity contribution in [3.05, 3.63) is 16.9 Å². The summed E-state index contributed by atoms with van der Waals surface area (Å²) in [5.41, 5.74) is 6.88. The van der Waals surface area contributed by atoms with Crippen LogP contribution in [-0.2, 0) is 13.6 Å². The second-order valence-corrected chi connectivity index (χ2v) is 5.51. The maximum Gasteiger partial charge on any atom is 0.0831 e. The summed E-state index contributed by atoms with van der Waals surface area (Å²) in [5, 5.41) is 4.84. The van der Waals surface area contributed by atoms with Gasteiger partial charge in [-0.1, -0.05) is 25.4 Å². The van der Waals surface area contributed by atoms with Crippen molar-refractivity contribution in [3.63, 3.8) is 0 Å². The fourth-order valence-electron chi connectivity index (χ4n) is 1.72. The normalized spacial score (nSPS) is 11.7. The Labute approximate surface area is 115 Å². The smallest absolute Gasteiger partial charge is 0.0831 e. The van der Waals surface area contributed by atoms with E-state index in [9.17, 15) is 0 Å². The molecule has 0 unspecified atom stereocenters. The van der Waals surface area contributed by atoms with Crippen molar-refractivity contribution in [2.45, 2.75) is 20.4 Å². The highest BCUT2D eigenvalue weighted by Crippen LogP contribution is 2.19. The minimum atomic E-state index is 0. The molecule has 0 aliphatic heterocycles. The van der Waals surface area contributed by atoms with Gasteiger partial charge in [0.05, 0.1) is 16.9 Å². The molecule has 1 aromatic rings. The second kappa shape index (κ2) is 6.59. The Morgan fingerprint density at radius 2 is 2.12 bits per heavy atom. The topological polar surface area (TPSA) is 47.1 Å². The number of nitrogens with zero attached hydrogens (tertiary/aromatic N) is 3. The largest absolute Gasteiger partial charge is 0.330 e. The quantitative estimate of drug-likeness (QED) is 0.897. The van der Waals surface area contributed by atoms with Gasteiger partial charge in [0.1, 0.15) is 0 Å². The zero-order chi connectivity index (χ0) is 12.3. The zero-order valence-electron chi connectivity index (χ0n) is 10.9. The maximum absolute atomic E-state index is 6.06. The van der Waals surface area contributed by atoms with Crippen molar-refractivity contribution >= 4 is 24.0 Å². The van der Waals surface area contributed by atoms with Gasteiger partial charge in [-0.2, -0.15) is 5.10 Å². The van der Waals surface area contributed by atoms with E-state index in [-0.39, 0.29) is 17.8 Å². The van der Waals surface area contributed by atoms with Crippen LogP contribution in [0.1, 0.15) is 19.5 Å². The number of rotatable bonds is 5. The Balaban J connectivity index is 0.00000256.